The molecular weight excluding hydrogens is 632 g/mol. The Bertz CT molecular complexity index is 1430. The third kappa shape index (κ3) is 6.01. The summed E-state index contributed by atoms with van der Waals surface area (Å²) >= 11 is 0. The largest absolute Gasteiger partial charge is 0.467 e. The van der Waals surface area contributed by atoms with Crippen LogP contribution in [0.4, 0.5) is 0 Å². The maximum Gasteiger partial charge on any atom is 0.339 e. The summed E-state index contributed by atoms with van der Waals surface area (Å²) in [5.74, 6) is -4.74. The first-order valence-electron chi connectivity index (χ1n) is 16.2. The molecule has 0 aromatic rings. The molecule has 3 saturated carbocycles. The second-order valence-corrected chi connectivity index (χ2v) is 14.0. The lowest BCUT2D eigenvalue weighted by Crippen LogP contribution is -2.64. The van der Waals surface area contributed by atoms with Gasteiger partial charge < -0.3 is 38.6 Å². The number of ether oxygens (including phenoxy) is 6. The van der Waals surface area contributed by atoms with E-state index in [2.05, 4.69) is 0 Å². The van der Waals surface area contributed by atoms with Gasteiger partial charge in [-0.15, -0.1) is 0 Å². The third-order valence-electron chi connectivity index (χ3n) is 11.3. The van der Waals surface area contributed by atoms with Crippen molar-refractivity contribution in [2.24, 2.45) is 28.6 Å². The maximum absolute atomic E-state index is 14.0. The van der Waals surface area contributed by atoms with E-state index in [1.807, 2.05) is 19.9 Å². The van der Waals surface area contributed by atoms with Crippen molar-refractivity contribution in [1.82, 2.24) is 0 Å². The first kappa shape index (κ1) is 35.8. The van der Waals surface area contributed by atoms with E-state index < -0.39 is 89.5 Å². The molecule has 264 valence electrons. The topological polar surface area (TPSA) is 198 Å². The molecular formula is C34H44O14. The van der Waals surface area contributed by atoms with Crippen molar-refractivity contribution in [2.75, 3.05) is 13.7 Å². The molecule has 14 heteroatoms. The van der Waals surface area contributed by atoms with E-state index in [-0.39, 0.29) is 36.4 Å². The second kappa shape index (κ2) is 13.1. The van der Waals surface area contributed by atoms with Gasteiger partial charge in [-0.1, -0.05) is 25.5 Å². The molecule has 0 amide bonds. The molecule has 1 aliphatic heterocycles. The summed E-state index contributed by atoms with van der Waals surface area (Å²) < 4.78 is 32.3. The number of rotatable bonds is 8. The van der Waals surface area contributed by atoms with Crippen LogP contribution < -0.4 is 0 Å². The number of hydrogen-bond acceptors (Lipinski definition) is 14. The van der Waals surface area contributed by atoms with Crippen LogP contribution in [0.1, 0.15) is 66.7 Å². The summed E-state index contributed by atoms with van der Waals surface area (Å²) in [6.45, 7) is 6.25. The van der Waals surface area contributed by atoms with Gasteiger partial charge in [-0.05, 0) is 56.1 Å². The van der Waals surface area contributed by atoms with Gasteiger partial charge in [0.05, 0.1) is 13.2 Å². The average molecular weight is 677 g/mol. The maximum atomic E-state index is 14.0. The number of ketones is 2. The molecule has 0 bridgehead atoms. The average Bonchev–Trinajstić information content (AvgIpc) is 3.27. The summed E-state index contributed by atoms with van der Waals surface area (Å²) in [5, 5.41) is 23.8. The van der Waals surface area contributed by atoms with Gasteiger partial charge in [0, 0.05) is 37.5 Å². The summed E-state index contributed by atoms with van der Waals surface area (Å²) in [6, 6.07) is 0. The quantitative estimate of drug-likeness (QED) is 0.275. The van der Waals surface area contributed by atoms with Crippen LogP contribution in [0.25, 0.3) is 0 Å². The van der Waals surface area contributed by atoms with E-state index in [1.54, 1.807) is 12.2 Å². The Morgan fingerprint density at radius 2 is 1.58 bits per heavy atom. The van der Waals surface area contributed by atoms with Gasteiger partial charge in [0.1, 0.15) is 12.2 Å². The standard InChI is InChI=1S/C34H44O14/c1-16(35)45-26-27(46-17(2)36)29(47-18(3)37)31(48-28(26)30(41)43-6)44-15-24(40)34(42)12-10-22-21-8-7-19-13-20(38)9-11-32(19,4)25(21)23(39)14-33(22,34)5/h9,11,13,21-23,25-29,31,39,42H,7-8,10,12,14-15H2,1-6H3/t21-,22-,23+,25+,26-,27-,28+,29+,31+,32+,33+,34-/m1/s1. The fourth-order valence-electron chi connectivity index (χ4n) is 9.28. The van der Waals surface area contributed by atoms with Gasteiger partial charge in [-0.25, -0.2) is 4.79 Å². The van der Waals surface area contributed by atoms with Gasteiger partial charge in [-0.3, -0.25) is 24.0 Å². The Morgan fingerprint density at radius 1 is 0.958 bits per heavy atom. The zero-order chi connectivity index (χ0) is 35.3. The number of hydrogen-bond donors (Lipinski definition) is 2. The van der Waals surface area contributed by atoms with E-state index >= 15 is 0 Å². The predicted molar refractivity (Wildman–Crippen MR) is 161 cm³/mol. The Balaban J connectivity index is 1.39. The van der Waals surface area contributed by atoms with E-state index in [4.69, 9.17) is 28.4 Å². The minimum Gasteiger partial charge on any atom is -0.467 e. The normalized spacial score (nSPS) is 41.5. The van der Waals surface area contributed by atoms with Crippen LogP contribution in [0.15, 0.2) is 23.8 Å². The molecule has 4 aliphatic carbocycles. The lowest BCUT2D eigenvalue weighted by Gasteiger charge is -2.59. The highest BCUT2D eigenvalue weighted by Gasteiger charge is 2.68. The smallest absolute Gasteiger partial charge is 0.339 e. The summed E-state index contributed by atoms with van der Waals surface area (Å²) in [7, 11) is 1.05. The number of esters is 4. The second-order valence-electron chi connectivity index (χ2n) is 14.0. The molecule has 0 radical (unpaired) electrons. The number of Topliss-reactive ketones (excluding diaryl/α,β-unsaturated/α-hetero) is 1. The fourth-order valence-corrected chi connectivity index (χ4v) is 9.28. The Hall–Kier alpha value is -3.46. The fraction of sp³-hybridized carbons (Fsp3) is 0.706. The SMILES string of the molecule is COC(=O)[C@H]1O[C@H](OCC(=O)[C@]2(O)CC[C@@H]3[C@H]4CCC5=CC(=O)C=C[C@]5(C)[C@@H]4[C@@H](O)C[C@@]32C)[C@@H](OC(C)=O)[C@H](OC(C)=O)[C@H]1OC(C)=O. The molecule has 5 rings (SSSR count). The first-order valence-corrected chi connectivity index (χ1v) is 16.2. The number of carbonyl (C=O) groups is 6. The van der Waals surface area contributed by atoms with Crippen molar-refractivity contribution in [1.29, 1.82) is 0 Å². The van der Waals surface area contributed by atoms with Crippen molar-refractivity contribution in [2.45, 2.75) is 109 Å². The van der Waals surface area contributed by atoms with Crippen LogP contribution in [0, 0.1) is 28.6 Å². The van der Waals surface area contributed by atoms with Gasteiger partial charge in [0.2, 0.25) is 0 Å². The van der Waals surface area contributed by atoms with Crippen LogP contribution in [-0.4, -0.2) is 102 Å². The highest BCUT2D eigenvalue weighted by atomic mass is 16.7. The highest BCUT2D eigenvalue weighted by molar-refractivity contribution is 6.01. The molecule has 0 spiro atoms. The monoisotopic (exact) mass is 676 g/mol. The first-order chi connectivity index (χ1) is 22.5. The van der Waals surface area contributed by atoms with Crippen LogP contribution in [-0.2, 0) is 57.2 Å². The highest BCUT2D eigenvalue weighted by Crippen LogP contribution is 2.67. The molecule has 0 unspecified atom stereocenters. The Labute approximate surface area is 278 Å². The van der Waals surface area contributed by atoms with Crippen LogP contribution in [0.3, 0.4) is 0 Å². The van der Waals surface area contributed by atoms with Crippen molar-refractivity contribution in [3.63, 3.8) is 0 Å². The summed E-state index contributed by atoms with van der Waals surface area (Å²) in [6.07, 6.45) is -1.86. The van der Waals surface area contributed by atoms with Gasteiger partial charge in [0.15, 0.2) is 42.3 Å². The van der Waals surface area contributed by atoms with Gasteiger partial charge in [-0.2, -0.15) is 0 Å². The molecule has 14 nitrogen and oxygen atoms in total. The number of allylic oxidation sites excluding steroid dienone is 4. The molecule has 4 fully saturated rings. The van der Waals surface area contributed by atoms with Gasteiger partial charge >= 0.3 is 23.9 Å². The van der Waals surface area contributed by atoms with Crippen LogP contribution in [0.2, 0.25) is 0 Å². The van der Waals surface area contributed by atoms with E-state index in [9.17, 15) is 39.0 Å². The molecule has 0 aromatic heterocycles. The number of methoxy groups -OCH3 is 1. The van der Waals surface area contributed by atoms with E-state index in [1.165, 1.54) is 0 Å². The number of aliphatic hydroxyl groups excluding tert-OH is 1. The van der Waals surface area contributed by atoms with Gasteiger partial charge in [0.25, 0.3) is 0 Å². The Kier molecular flexibility index (Phi) is 9.78. The van der Waals surface area contributed by atoms with Crippen molar-refractivity contribution in [3.8, 4) is 0 Å². The molecule has 0 aromatic carbocycles. The molecule has 48 heavy (non-hydrogen) atoms. The summed E-state index contributed by atoms with van der Waals surface area (Å²) in [5.41, 5.74) is -2.48. The van der Waals surface area contributed by atoms with E-state index in [0.29, 0.717) is 19.3 Å². The van der Waals surface area contributed by atoms with Crippen molar-refractivity contribution in [3.05, 3.63) is 23.8 Å². The number of fused-ring (bicyclic) bond motifs is 5. The minimum absolute atomic E-state index is 0.0277. The van der Waals surface area contributed by atoms with Crippen molar-refractivity contribution >= 4 is 35.4 Å². The zero-order valence-corrected chi connectivity index (χ0v) is 28.0. The molecule has 5 aliphatic rings. The molecule has 1 heterocycles. The van der Waals surface area contributed by atoms with Crippen LogP contribution >= 0.6 is 0 Å². The minimum atomic E-state index is -1.91. The molecule has 2 N–H and O–H groups in total. The molecule has 12 atom stereocenters. The third-order valence-corrected chi connectivity index (χ3v) is 11.3. The number of carbonyl (C=O) groups excluding carboxylic acids is 6. The predicted octanol–water partition coefficient (Wildman–Crippen LogP) is 1.27. The number of aliphatic hydroxyl groups is 2. The van der Waals surface area contributed by atoms with Crippen LogP contribution in [0.5, 0.6) is 0 Å². The zero-order valence-electron chi connectivity index (χ0n) is 28.0. The Morgan fingerprint density at radius 3 is 2.21 bits per heavy atom. The molecule has 1 saturated heterocycles. The van der Waals surface area contributed by atoms with E-state index in [0.717, 1.165) is 33.5 Å². The lowest BCUT2D eigenvalue weighted by molar-refractivity contribution is -0.300. The lowest BCUT2D eigenvalue weighted by atomic mass is 9.46. The summed E-state index contributed by atoms with van der Waals surface area (Å²) in [4.78, 5) is 75.0. The van der Waals surface area contributed by atoms with Crippen molar-refractivity contribution < 1.29 is 67.4 Å².